The molecule has 0 fully saturated rings. The van der Waals surface area contributed by atoms with Gasteiger partial charge in [-0.05, 0) is 46.2 Å². The molecule has 0 aliphatic heterocycles. The molecule has 0 unspecified atom stereocenters. The highest BCUT2D eigenvalue weighted by Gasteiger charge is 2.08. The molecule has 8 heteroatoms. The van der Waals surface area contributed by atoms with Crippen molar-refractivity contribution in [3.63, 3.8) is 0 Å². The average molecular weight is 473 g/mol. The van der Waals surface area contributed by atoms with Crippen LogP contribution in [0.4, 0.5) is 0 Å². The second kappa shape index (κ2) is 11.0. The number of hydrogen-bond acceptors (Lipinski definition) is 5. The van der Waals surface area contributed by atoms with Crippen LogP contribution in [0.15, 0.2) is 27.7 Å². The molecule has 26 heavy (non-hydrogen) atoms. The number of rotatable bonds is 7. The van der Waals surface area contributed by atoms with Crippen molar-refractivity contribution in [3.05, 3.63) is 41.0 Å². The Kier molecular flexibility index (Phi) is 9.39. The smallest absolute Gasteiger partial charge is 0.246 e. The van der Waals surface area contributed by atoms with E-state index in [9.17, 15) is 0 Å². The highest BCUT2D eigenvalue weighted by molar-refractivity contribution is 14.0. The molecule has 0 amide bonds. The largest absolute Gasteiger partial charge is 0.491 e. The van der Waals surface area contributed by atoms with E-state index in [0.717, 1.165) is 17.9 Å². The van der Waals surface area contributed by atoms with Crippen LogP contribution in [-0.2, 0) is 13.1 Å². The van der Waals surface area contributed by atoms with Crippen molar-refractivity contribution < 1.29 is 9.26 Å². The normalized spacial score (nSPS) is 11.2. The topological polar surface area (TPSA) is 84.6 Å². The molecule has 0 aliphatic carbocycles. The second-order valence-electron chi connectivity index (χ2n) is 6.06. The standard InChI is InChI=1S/C18H27N5O2.HI/c1-6-19-18(21-11-17-22-14(5)23-25-17)20-10-15-8-7-13(4)9-16(15)24-12(2)3;/h7-9,12H,6,10-11H2,1-5H3,(H2,19,20,21);1H. The quantitative estimate of drug-likeness (QED) is 0.365. The summed E-state index contributed by atoms with van der Waals surface area (Å²) in [6.45, 7) is 11.6. The second-order valence-corrected chi connectivity index (χ2v) is 6.06. The van der Waals surface area contributed by atoms with Crippen LogP contribution >= 0.6 is 24.0 Å². The van der Waals surface area contributed by atoms with E-state index in [1.165, 1.54) is 5.56 Å². The number of aliphatic imine (C=N–C) groups is 1. The van der Waals surface area contributed by atoms with Gasteiger partial charge in [-0.3, -0.25) is 0 Å². The fourth-order valence-corrected chi connectivity index (χ4v) is 2.23. The molecule has 0 bridgehead atoms. The molecule has 0 atom stereocenters. The third-order valence-electron chi connectivity index (χ3n) is 3.31. The van der Waals surface area contributed by atoms with Crippen LogP contribution in [0.25, 0.3) is 0 Å². The number of guanidine groups is 1. The van der Waals surface area contributed by atoms with E-state index in [4.69, 9.17) is 9.26 Å². The van der Waals surface area contributed by atoms with Crippen LogP contribution in [0, 0.1) is 13.8 Å². The Labute approximate surface area is 172 Å². The van der Waals surface area contributed by atoms with Crippen molar-refractivity contribution in [1.82, 2.24) is 20.8 Å². The van der Waals surface area contributed by atoms with Crippen molar-refractivity contribution in [2.24, 2.45) is 4.99 Å². The fourth-order valence-electron chi connectivity index (χ4n) is 2.23. The summed E-state index contributed by atoms with van der Waals surface area (Å²) in [6, 6.07) is 6.17. The number of nitrogens with one attached hydrogen (secondary N) is 2. The summed E-state index contributed by atoms with van der Waals surface area (Å²) < 4.78 is 11.0. The molecular formula is C18H28IN5O2. The number of hydrogen-bond donors (Lipinski definition) is 2. The van der Waals surface area contributed by atoms with E-state index in [2.05, 4.69) is 44.8 Å². The number of nitrogens with zero attached hydrogens (tertiary/aromatic N) is 3. The Morgan fingerprint density at radius 2 is 2.04 bits per heavy atom. The molecule has 2 aromatic rings. The Bertz CT molecular complexity index is 715. The van der Waals surface area contributed by atoms with Gasteiger partial charge in [0.05, 0.1) is 19.2 Å². The predicted molar refractivity (Wildman–Crippen MR) is 113 cm³/mol. The molecule has 1 heterocycles. The maximum atomic E-state index is 5.91. The summed E-state index contributed by atoms with van der Waals surface area (Å²) in [4.78, 5) is 8.80. The number of benzene rings is 1. The van der Waals surface area contributed by atoms with Gasteiger partial charge in [0.2, 0.25) is 5.89 Å². The van der Waals surface area contributed by atoms with Crippen molar-refractivity contribution in [3.8, 4) is 5.75 Å². The molecule has 0 saturated heterocycles. The first-order valence-corrected chi connectivity index (χ1v) is 8.55. The number of aromatic nitrogens is 2. The van der Waals surface area contributed by atoms with Gasteiger partial charge in [-0.15, -0.1) is 24.0 Å². The predicted octanol–water partition coefficient (Wildman–Crippen LogP) is 3.35. The zero-order chi connectivity index (χ0) is 18.2. The molecule has 2 rings (SSSR count). The van der Waals surface area contributed by atoms with Crippen LogP contribution in [0.5, 0.6) is 5.75 Å². The van der Waals surface area contributed by atoms with Crippen molar-refractivity contribution in [2.75, 3.05) is 6.54 Å². The molecule has 0 spiro atoms. The first kappa shape index (κ1) is 22.2. The lowest BCUT2D eigenvalue weighted by Crippen LogP contribution is -2.36. The van der Waals surface area contributed by atoms with E-state index in [1.54, 1.807) is 6.92 Å². The van der Waals surface area contributed by atoms with Gasteiger partial charge >= 0.3 is 0 Å². The van der Waals surface area contributed by atoms with Gasteiger partial charge in [0.1, 0.15) is 5.75 Å². The minimum atomic E-state index is 0. The maximum Gasteiger partial charge on any atom is 0.246 e. The van der Waals surface area contributed by atoms with Crippen molar-refractivity contribution in [2.45, 2.75) is 53.8 Å². The van der Waals surface area contributed by atoms with Gasteiger partial charge in [0.15, 0.2) is 11.8 Å². The van der Waals surface area contributed by atoms with E-state index >= 15 is 0 Å². The van der Waals surface area contributed by atoms with Crippen molar-refractivity contribution in [1.29, 1.82) is 0 Å². The van der Waals surface area contributed by atoms with Gasteiger partial charge in [-0.1, -0.05) is 17.3 Å². The Morgan fingerprint density at radius 3 is 2.65 bits per heavy atom. The summed E-state index contributed by atoms with van der Waals surface area (Å²) in [5, 5.41) is 10.2. The average Bonchev–Trinajstić information content (AvgIpc) is 2.96. The molecule has 0 radical (unpaired) electrons. The molecule has 0 saturated carbocycles. The van der Waals surface area contributed by atoms with Crippen LogP contribution in [0.3, 0.4) is 0 Å². The first-order chi connectivity index (χ1) is 12.0. The van der Waals surface area contributed by atoms with E-state index in [0.29, 0.717) is 30.8 Å². The number of ether oxygens (including phenoxy) is 1. The van der Waals surface area contributed by atoms with Crippen LogP contribution in [0.2, 0.25) is 0 Å². The first-order valence-electron chi connectivity index (χ1n) is 8.55. The molecule has 0 aliphatic rings. The molecule has 1 aromatic heterocycles. The minimum absolute atomic E-state index is 0. The molecule has 7 nitrogen and oxygen atoms in total. The Hall–Kier alpha value is -1.84. The number of aryl methyl sites for hydroxylation is 2. The van der Waals surface area contributed by atoms with Crippen LogP contribution < -0.4 is 15.4 Å². The lowest BCUT2D eigenvalue weighted by Gasteiger charge is -2.15. The summed E-state index contributed by atoms with van der Waals surface area (Å²) >= 11 is 0. The highest BCUT2D eigenvalue weighted by atomic mass is 127. The Balaban J connectivity index is 0.00000338. The van der Waals surface area contributed by atoms with Gasteiger partial charge < -0.3 is 19.9 Å². The third kappa shape index (κ3) is 7.19. The van der Waals surface area contributed by atoms with E-state index in [1.807, 2.05) is 26.8 Å². The number of halogens is 1. The summed E-state index contributed by atoms with van der Waals surface area (Å²) in [7, 11) is 0. The van der Waals surface area contributed by atoms with Gasteiger partial charge in [0, 0.05) is 12.1 Å². The lowest BCUT2D eigenvalue weighted by atomic mass is 10.1. The fraction of sp³-hybridized carbons (Fsp3) is 0.500. The van der Waals surface area contributed by atoms with Gasteiger partial charge in [0.25, 0.3) is 0 Å². The van der Waals surface area contributed by atoms with Gasteiger partial charge in [-0.25, -0.2) is 4.99 Å². The maximum absolute atomic E-state index is 5.91. The van der Waals surface area contributed by atoms with E-state index < -0.39 is 0 Å². The summed E-state index contributed by atoms with van der Waals surface area (Å²) in [6.07, 6.45) is 0.122. The monoisotopic (exact) mass is 473 g/mol. The molecule has 144 valence electrons. The lowest BCUT2D eigenvalue weighted by molar-refractivity contribution is 0.240. The third-order valence-corrected chi connectivity index (χ3v) is 3.31. The highest BCUT2D eigenvalue weighted by Crippen LogP contribution is 2.22. The zero-order valence-corrected chi connectivity index (χ0v) is 18.3. The SMILES string of the molecule is CCNC(=NCc1ccc(C)cc1OC(C)C)NCc1nc(C)no1.I. The summed E-state index contributed by atoms with van der Waals surface area (Å²) in [5.41, 5.74) is 2.21. The van der Waals surface area contributed by atoms with Gasteiger partial charge in [-0.2, -0.15) is 4.98 Å². The Morgan fingerprint density at radius 1 is 1.27 bits per heavy atom. The molecular weight excluding hydrogens is 445 g/mol. The molecule has 1 aromatic carbocycles. The summed E-state index contributed by atoms with van der Waals surface area (Å²) in [5.74, 6) is 2.72. The van der Waals surface area contributed by atoms with Crippen LogP contribution in [-0.4, -0.2) is 28.7 Å². The van der Waals surface area contributed by atoms with E-state index in [-0.39, 0.29) is 30.1 Å². The molecule has 2 N–H and O–H groups in total. The zero-order valence-electron chi connectivity index (χ0n) is 16.0. The minimum Gasteiger partial charge on any atom is -0.491 e. The van der Waals surface area contributed by atoms with Crippen molar-refractivity contribution >= 4 is 29.9 Å². The van der Waals surface area contributed by atoms with Crippen LogP contribution in [0.1, 0.15) is 43.6 Å².